The molecule has 2 aromatic carbocycles. The molecule has 0 radical (unpaired) electrons. The van der Waals surface area contributed by atoms with Crippen molar-refractivity contribution in [3.8, 4) is 0 Å². The maximum atomic E-state index is 13.4. The number of carbonyl (C=O) groups excluding carboxylic acids is 1. The van der Waals surface area contributed by atoms with E-state index in [2.05, 4.69) is 30.9 Å². The monoisotopic (exact) mass is 435 g/mol. The van der Waals surface area contributed by atoms with Crippen LogP contribution in [-0.2, 0) is 0 Å². The van der Waals surface area contributed by atoms with Gasteiger partial charge in [-0.1, -0.05) is 23.5 Å². The molecule has 0 bridgehead atoms. The SMILES string of the molecule is CSc1ccccc1C(=O)N(CCN(C)C)c1nc2cc(C)c(C)cc2s1.Cl. The molecule has 7 heteroatoms. The minimum absolute atomic E-state index is 0. The Hall–Kier alpha value is -1.60. The zero-order valence-corrected chi connectivity index (χ0v) is 19.3. The molecule has 0 saturated heterocycles. The van der Waals surface area contributed by atoms with Crippen LogP contribution in [0.4, 0.5) is 5.13 Å². The molecule has 0 fully saturated rings. The minimum Gasteiger partial charge on any atom is -0.308 e. The largest absolute Gasteiger partial charge is 0.308 e. The molecule has 28 heavy (non-hydrogen) atoms. The summed E-state index contributed by atoms with van der Waals surface area (Å²) < 4.78 is 1.12. The number of likely N-dealkylation sites (N-methyl/N-ethyl adjacent to an activating group) is 1. The van der Waals surface area contributed by atoms with E-state index >= 15 is 0 Å². The number of hydrogen-bond donors (Lipinski definition) is 0. The van der Waals surface area contributed by atoms with Gasteiger partial charge in [0.1, 0.15) is 0 Å². The van der Waals surface area contributed by atoms with E-state index in [9.17, 15) is 4.79 Å². The van der Waals surface area contributed by atoms with Crippen molar-refractivity contribution in [3.63, 3.8) is 0 Å². The number of nitrogens with zero attached hydrogens (tertiary/aromatic N) is 3. The molecule has 0 aliphatic rings. The standard InChI is InChI=1S/C21H25N3OS2.ClH/c1-14-12-17-19(13-15(14)2)27-21(22-17)24(11-10-23(3)4)20(25)16-8-6-7-9-18(16)26-5;/h6-9,12-13H,10-11H2,1-5H3;1H. The summed E-state index contributed by atoms with van der Waals surface area (Å²) in [6.07, 6.45) is 2.00. The highest BCUT2D eigenvalue weighted by Crippen LogP contribution is 2.32. The van der Waals surface area contributed by atoms with Gasteiger partial charge in [-0.25, -0.2) is 4.98 Å². The summed E-state index contributed by atoms with van der Waals surface area (Å²) in [5.74, 6) is 0.00861. The molecule has 3 aromatic rings. The Kier molecular flexibility index (Phi) is 7.89. The van der Waals surface area contributed by atoms with E-state index < -0.39 is 0 Å². The van der Waals surface area contributed by atoms with E-state index in [4.69, 9.17) is 4.98 Å². The molecular weight excluding hydrogens is 410 g/mol. The van der Waals surface area contributed by atoms with Crippen LogP contribution in [0.3, 0.4) is 0 Å². The van der Waals surface area contributed by atoms with E-state index in [-0.39, 0.29) is 18.3 Å². The van der Waals surface area contributed by atoms with E-state index in [0.29, 0.717) is 6.54 Å². The number of amides is 1. The molecule has 0 aliphatic carbocycles. The quantitative estimate of drug-likeness (QED) is 0.494. The van der Waals surface area contributed by atoms with Gasteiger partial charge >= 0.3 is 0 Å². The third kappa shape index (κ3) is 4.87. The van der Waals surface area contributed by atoms with Crippen molar-refractivity contribution in [2.45, 2.75) is 18.7 Å². The van der Waals surface area contributed by atoms with E-state index in [1.165, 1.54) is 11.1 Å². The summed E-state index contributed by atoms with van der Waals surface area (Å²) in [5.41, 5.74) is 4.16. The Morgan fingerprint density at radius 3 is 2.46 bits per heavy atom. The number of benzene rings is 2. The van der Waals surface area contributed by atoms with Gasteiger partial charge in [-0.05, 0) is 69.6 Å². The number of fused-ring (bicyclic) bond motifs is 1. The van der Waals surface area contributed by atoms with Crippen LogP contribution >= 0.6 is 35.5 Å². The highest BCUT2D eigenvalue weighted by molar-refractivity contribution is 7.98. The predicted octanol–water partition coefficient (Wildman–Crippen LogP) is 5.27. The van der Waals surface area contributed by atoms with Crippen molar-refractivity contribution in [1.82, 2.24) is 9.88 Å². The average molecular weight is 436 g/mol. The van der Waals surface area contributed by atoms with Gasteiger partial charge in [-0.3, -0.25) is 9.69 Å². The van der Waals surface area contributed by atoms with Crippen molar-refractivity contribution >= 4 is 56.8 Å². The van der Waals surface area contributed by atoms with Crippen molar-refractivity contribution in [1.29, 1.82) is 0 Å². The van der Waals surface area contributed by atoms with E-state index in [1.807, 2.05) is 49.5 Å². The number of anilines is 1. The van der Waals surface area contributed by atoms with Crippen LogP contribution in [0.25, 0.3) is 10.2 Å². The number of thioether (sulfide) groups is 1. The first-order valence-corrected chi connectivity index (χ1v) is 10.9. The molecule has 0 spiro atoms. The summed E-state index contributed by atoms with van der Waals surface area (Å²) >= 11 is 3.18. The Bertz CT molecular complexity index is 932. The lowest BCUT2D eigenvalue weighted by molar-refractivity contribution is 0.0982. The fourth-order valence-electron chi connectivity index (χ4n) is 2.83. The number of thiazole rings is 1. The molecule has 1 aromatic heterocycles. The van der Waals surface area contributed by atoms with Crippen molar-refractivity contribution < 1.29 is 4.79 Å². The van der Waals surface area contributed by atoms with Gasteiger partial charge in [0, 0.05) is 18.0 Å². The van der Waals surface area contributed by atoms with Crippen molar-refractivity contribution in [3.05, 3.63) is 53.1 Å². The smallest absolute Gasteiger partial charge is 0.261 e. The van der Waals surface area contributed by atoms with Gasteiger partial charge in [-0.15, -0.1) is 24.2 Å². The molecule has 150 valence electrons. The molecule has 0 saturated carbocycles. The second-order valence-corrected chi connectivity index (χ2v) is 8.72. The Balaban J connectivity index is 0.00000280. The van der Waals surface area contributed by atoms with Crippen LogP contribution in [0.15, 0.2) is 41.3 Å². The van der Waals surface area contributed by atoms with Crippen molar-refractivity contribution in [2.24, 2.45) is 0 Å². The third-order valence-electron chi connectivity index (χ3n) is 4.58. The summed E-state index contributed by atoms with van der Waals surface area (Å²) in [4.78, 5) is 23.1. The normalized spacial score (nSPS) is 10.9. The molecule has 1 amide bonds. The number of carbonyl (C=O) groups is 1. The molecule has 4 nitrogen and oxygen atoms in total. The average Bonchev–Trinajstić information content (AvgIpc) is 3.04. The second-order valence-electron chi connectivity index (χ2n) is 6.86. The highest BCUT2D eigenvalue weighted by atomic mass is 35.5. The van der Waals surface area contributed by atoms with Crippen LogP contribution in [0.5, 0.6) is 0 Å². The zero-order chi connectivity index (χ0) is 19.6. The lowest BCUT2D eigenvalue weighted by Gasteiger charge is -2.22. The Morgan fingerprint density at radius 2 is 1.79 bits per heavy atom. The van der Waals surface area contributed by atoms with E-state index in [1.54, 1.807) is 23.1 Å². The Morgan fingerprint density at radius 1 is 1.11 bits per heavy atom. The van der Waals surface area contributed by atoms with Crippen molar-refractivity contribution in [2.75, 3.05) is 38.3 Å². The molecular formula is C21H26ClN3OS2. The maximum Gasteiger partial charge on any atom is 0.261 e. The van der Waals surface area contributed by atoms with Gasteiger partial charge in [-0.2, -0.15) is 0 Å². The summed E-state index contributed by atoms with van der Waals surface area (Å²) in [6, 6.07) is 12.1. The molecule has 0 N–H and O–H groups in total. The lowest BCUT2D eigenvalue weighted by atomic mass is 10.1. The van der Waals surface area contributed by atoms with E-state index in [0.717, 1.165) is 32.4 Å². The van der Waals surface area contributed by atoms with Crippen LogP contribution < -0.4 is 4.90 Å². The number of halogens is 1. The van der Waals surface area contributed by atoms with Gasteiger partial charge < -0.3 is 4.90 Å². The number of aryl methyl sites for hydroxylation is 2. The molecule has 0 atom stereocenters. The number of aromatic nitrogens is 1. The van der Waals surface area contributed by atoms with Gasteiger partial charge in [0.2, 0.25) is 0 Å². The first-order chi connectivity index (χ1) is 12.9. The van der Waals surface area contributed by atoms with Crippen LogP contribution in [0, 0.1) is 13.8 Å². The Labute approximate surface area is 181 Å². The predicted molar refractivity (Wildman–Crippen MR) is 125 cm³/mol. The minimum atomic E-state index is 0. The fourth-order valence-corrected chi connectivity index (χ4v) is 4.49. The van der Waals surface area contributed by atoms with Crippen LogP contribution in [0.1, 0.15) is 21.5 Å². The molecule has 3 rings (SSSR count). The topological polar surface area (TPSA) is 36.4 Å². The third-order valence-corrected chi connectivity index (χ3v) is 6.41. The summed E-state index contributed by atoms with van der Waals surface area (Å²) in [7, 11) is 4.03. The number of hydrogen-bond acceptors (Lipinski definition) is 5. The fraction of sp³-hybridized carbons (Fsp3) is 0.333. The van der Waals surface area contributed by atoms with Gasteiger partial charge in [0.25, 0.3) is 5.91 Å². The number of rotatable bonds is 6. The summed E-state index contributed by atoms with van der Waals surface area (Å²) in [6.45, 7) is 5.59. The molecule has 1 heterocycles. The molecule has 0 aliphatic heterocycles. The van der Waals surface area contributed by atoms with Crippen LogP contribution in [0.2, 0.25) is 0 Å². The first kappa shape index (κ1) is 22.7. The second kappa shape index (κ2) is 9.74. The summed E-state index contributed by atoms with van der Waals surface area (Å²) in [5, 5.41) is 0.762. The van der Waals surface area contributed by atoms with Gasteiger partial charge in [0.05, 0.1) is 15.8 Å². The van der Waals surface area contributed by atoms with Gasteiger partial charge in [0.15, 0.2) is 5.13 Å². The first-order valence-electron chi connectivity index (χ1n) is 8.88. The zero-order valence-electron chi connectivity index (χ0n) is 16.9. The maximum absolute atomic E-state index is 13.4. The molecule has 0 unspecified atom stereocenters. The highest BCUT2D eigenvalue weighted by Gasteiger charge is 2.23. The lowest BCUT2D eigenvalue weighted by Crippen LogP contribution is -2.37. The van der Waals surface area contributed by atoms with Crippen LogP contribution in [-0.4, -0.2) is 49.2 Å².